The first-order chi connectivity index (χ1) is 8.58. The number of anilines is 1. The lowest BCUT2D eigenvalue weighted by molar-refractivity contribution is -0.891. The molecular formula is C12H21N6+. The molecule has 0 amide bonds. The number of likely N-dealkylation sites (N-methyl/N-ethyl adjacent to an activating group) is 1. The minimum atomic E-state index is 0.454. The Balaban J connectivity index is 0.000000138. The van der Waals surface area contributed by atoms with Crippen molar-refractivity contribution in [2.24, 2.45) is 0 Å². The highest BCUT2D eigenvalue weighted by atomic mass is 15.3. The van der Waals surface area contributed by atoms with Crippen molar-refractivity contribution in [3.63, 3.8) is 0 Å². The molecule has 0 radical (unpaired) electrons. The van der Waals surface area contributed by atoms with E-state index in [0.717, 1.165) is 11.0 Å². The molecule has 0 saturated carbocycles. The first kappa shape index (κ1) is 12.8. The molecule has 3 rings (SSSR count). The van der Waals surface area contributed by atoms with Crippen LogP contribution in [0, 0.1) is 0 Å². The molecule has 1 fully saturated rings. The maximum atomic E-state index is 5.47. The van der Waals surface area contributed by atoms with Crippen LogP contribution in [0.3, 0.4) is 0 Å². The molecule has 0 unspecified atom stereocenters. The van der Waals surface area contributed by atoms with Crippen molar-refractivity contribution < 1.29 is 4.48 Å². The Morgan fingerprint density at radius 3 is 2.56 bits per heavy atom. The van der Waals surface area contributed by atoms with E-state index in [0.29, 0.717) is 5.82 Å². The van der Waals surface area contributed by atoms with E-state index < -0.39 is 0 Å². The molecule has 0 bridgehead atoms. The summed E-state index contributed by atoms with van der Waals surface area (Å²) in [5.74, 6) is 0.454. The molecular weight excluding hydrogens is 228 g/mol. The largest absolute Gasteiger partial charge is 0.380 e. The van der Waals surface area contributed by atoms with Crippen molar-refractivity contribution >= 4 is 16.9 Å². The van der Waals surface area contributed by atoms with Crippen molar-refractivity contribution in [3.8, 4) is 0 Å². The second kappa shape index (κ2) is 5.32. The van der Waals surface area contributed by atoms with Gasteiger partial charge < -0.3 is 15.5 Å². The first-order valence-electron chi connectivity index (χ1n) is 6.16. The van der Waals surface area contributed by atoms with Gasteiger partial charge in [0.2, 0.25) is 0 Å². The van der Waals surface area contributed by atoms with Gasteiger partial charge in [0.15, 0.2) is 5.82 Å². The molecule has 3 heterocycles. The topological polar surface area (TPSA) is 79.6 Å². The number of aromatic amines is 1. The molecule has 1 aliphatic rings. The first-order valence-corrected chi connectivity index (χ1v) is 6.16. The summed E-state index contributed by atoms with van der Waals surface area (Å²) in [6.07, 6.45) is 1.69. The van der Waals surface area contributed by atoms with E-state index in [4.69, 9.17) is 5.73 Å². The smallest absolute Gasteiger partial charge is 0.171 e. The number of nitrogens with two attached hydrogens (primary N) is 1. The predicted octanol–water partition coefficient (Wildman–Crippen LogP) is 0.206. The Morgan fingerprint density at radius 2 is 2.00 bits per heavy atom. The van der Waals surface area contributed by atoms with Crippen molar-refractivity contribution in [1.29, 1.82) is 0 Å². The third kappa shape index (κ3) is 3.18. The normalized spacial score (nSPS) is 18.1. The molecule has 0 atom stereocenters. The molecule has 6 nitrogen and oxygen atoms in total. The Labute approximate surface area is 107 Å². The minimum Gasteiger partial charge on any atom is -0.380 e. The van der Waals surface area contributed by atoms with Crippen LogP contribution in [-0.4, -0.2) is 59.9 Å². The Hall–Kier alpha value is -1.66. The molecule has 98 valence electrons. The van der Waals surface area contributed by atoms with E-state index in [1.807, 2.05) is 12.1 Å². The summed E-state index contributed by atoms with van der Waals surface area (Å²) >= 11 is 0. The fraction of sp³-hybridized carbons (Fsp3) is 0.500. The molecule has 18 heavy (non-hydrogen) atoms. The molecule has 1 aliphatic heterocycles. The number of nitrogens with zero attached hydrogens (tertiary/aromatic N) is 3. The molecule has 0 aliphatic carbocycles. The Kier molecular flexibility index (Phi) is 3.78. The predicted molar refractivity (Wildman–Crippen MR) is 73.0 cm³/mol. The molecule has 2 aromatic heterocycles. The molecule has 0 spiro atoms. The number of nitrogen functional groups attached to an aromatic ring is 1. The van der Waals surface area contributed by atoms with Crippen LogP contribution < -0.4 is 11.1 Å². The third-order valence-electron chi connectivity index (χ3n) is 3.13. The van der Waals surface area contributed by atoms with Gasteiger partial charge in [-0.05, 0) is 12.1 Å². The van der Waals surface area contributed by atoms with Gasteiger partial charge in [-0.25, -0.2) is 0 Å². The maximum absolute atomic E-state index is 5.47. The number of pyridine rings is 1. The van der Waals surface area contributed by atoms with Crippen LogP contribution in [0.2, 0.25) is 0 Å². The van der Waals surface area contributed by atoms with Gasteiger partial charge in [0.25, 0.3) is 0 Å². The van der Waals surface area contributed by atoms with Gasteiger partial charge >= 0.3 is 0 Å². The quantitative estimate of drug-likeness (QED) is 0.583. The number of H-pyrrole nitrogens is 1. The van der Waals surface area contributed by atoms with Gasteiger partial charge in [-0.15, -0.1) is 0 Å². The van der Waals surface area contributed by atoms with Gasteiger partial charge in [0, 0.05) is 19.3 Å². The summed E-state index contributed by atoms with van der Waals surface area (Å²) in [4.78, 5) is 4.02. The number of fused-ring (bicyclic) bond motifs is 1. The summed E-state index contributed by atoms with van der Waals surface area (Å²) in [6, 6.07) is 3.71. The van der Waals surface area contributed by atoms with Gasteiger partial charge in [-0.1, -0.05) is 0 Å². The average molecular weight is 249 g/mol. The van der Waals surface area contributed by atoms with E-state index >= 15 is 0 Å². The van der Waals surface area contributed by atoms with Crippen molar-refractivity contribution in [2.75, 3.05) is 46.0 Å². The van der Waals surface area contributed by atoms with Gasteiger partial charge in [-0.2, -0.15) is 5.10 Å². The zero-order valence-corrected chi connectivity index (χ0v) is 11.0. The van der Waals surface area contributed by atoms with E-state index in [1.165, 1.54) is 30.7 Å². The fourth-order valence-electron chi connectivity index (χ4n) is 1.87. The number of nitrogens with one attached hydrogen (secondary N) is 2. The van der Waals surface area contributed by atoms with Crippen molar-refractivity contribution in [2.45, 2.75) is 0 Å². The lowest BCUT2D eigenvalue weighted by Gasteiger charge is -2.33. The number of quaternary nitrogens is 1. The highest BCUT2D eigenvalue weighted by Gasteiger charge is 2.17. The molecule has 0 aromatic carbocycles. The zero-order valence-electron chi connectivity index (χ0n) is 11.0. The van der Waals surface area contributed by atoms with E-state index in [1.54, 1.807) is 6.20 Å². The third-order valence-corrected chi connectivity index (χ3v) is 3.13. The van der Waals surface area contributed by atoms with Crippen molar-refractivity contribution in [1.82, 2.24) is 20.5 Å². The number of rotatable bonds is 0. The SMILES string of the molecule is C[N+]1(C)CCNCC1.Nc1n[nH]c2cccnc12. The Morgan fingerprint density at radius 1 is 1.28 bits per heavy atom. The number of aromatic nitrogens is 3. The Bertz CT molecular complexity index is 496. The lowest BCUT2D eigenvalue weighted by atomic mass is 10.3. The van der Waals surface area contributed by atoms with Crippen molar-refractivity contribution in [3.05, 3.63) is 18.3 Å². The fourth-order valence-corrected chi connectivity index (χ4v) is 1.87. The van der Waals surface area contributed by atoms with Crippen LogP contribution in [0.15, 0.2) is 18.3 Å². The van der Waals surface area contributed by atoms with Crippen LogP contribution in [0.1, 0.15) is 0 Å². The van der Waals surface area contributed by atoms with Crippen LogP contribution >= 0.6 is 0 Å². The summed E-state index contributed by atoms with van der Waals surface area (Å²) < 4.78 is 1.19. The summed E-state index contributed by atoms with van der Waals surface area (Å²) in [5, 5.41) is 9.86. The van der Waals surface area contributed by atoms with Crippen LogP contribution in [0.4, 0.5) is 5.82 Å². The van der Waals surface area contributed by atoms with E-state index in [-0.39, 0.29) is 0 Å². The van der Waals surface area contributed by atoms with Gasteiger partial charge in [0.05, 0.1) is 32.7 Å². The second-order valence-corrected chi connectivity index (χ2v) is 5.14. The van der Waals surface area contributed by atoms with Gasteiger partial charge in [-0.3, -0.25) is 10.1 Å². The number of piperazine rings is 1. The zero-order chi connectivity index (χ0) is 13.0. The summed E-state index contributed by atoms with van der Waals surface area (Å²) in [5.41, 5.74) is 7.08. The van der Waals surface area contributed by atoms with Crippen LogP contribution in [-0.2, 0) is 0 Å². The molecule has 6 heteroatoms. The molecule has 2 aromatic rings. The van der Waals surface area contributed by atoms with Gasteiger partial charge in [0.1, 0.15) is 5.52 Å². The second-order valence-electron chi connectivity index (χ2n) is 5.14. The minimum absolute atomic E-state index is 0.454. The maximum Gasteiger partial charge on any atom is 0.171 e. The highest BCUT2D eigenvalue weighted by Crippen LogP contribution is 2.12. The standard InChI is InChI=1S/C6H6N4.C6H15N2/c7-6-5-4(9-10-6)2-1-3-8-5;1-8(2)5-3-7-4-6-8/h1-3H,(H3,7,9,10);7H,3-6H2,1-2H3/q;+1. The van der Waals surface area contributed by atoms with E-state index in [2.05, 4.69) is 34.6 Å². The average Bonchev–Trinajstić information content (AvgIpc) is 2.72. The summed E-state index contributed by atoms with van der Waals surface area (Å²) in [7, 11) is 4.56. The van der Waals surface area contributed by atoms with Crippen LogP contribution in [0.5, 0.6) is 0 Å². The lowest BCUT2D eigenvalue weighted by Crippen LogP contribution is -2.53. The number of hydrogen-bond donors (Lipinski definition) is 3. The molecule has 1 saturated heterocycles. The number of hydrogen-bond acceptors (Lipinski definition) is 4. The summed E-state index contributed by atoms with van der Waals surface area (Å²) in [6.45, 7) is 4.93. The van der Waals surface area contributed by atoms with E-state index in [9.17, 15) is 0 Å². The van der Waals surface area contributed by atoms with Crippen LogP contribution in [0.25, 0.3) is 11.0 Å². The highest BCUT2D eigenvalue weighted by molar-refractivity contribution is 5.83. The molecule has 4 N–H and O–H groups in total. The monoisotopic (exact) mass is 249 g/mol.